The van der Waals surface area contributed by atoms with Gasteiger partial charge < -0.3 is 4.74 Å². The smallest absolute Gasteiger partial charge is 0.233 e. The predicted molar refractivity (Wildman–Crippen MR) is 87.6 cm³/mol. The highest BCUT2D eigenvalue weighted by Gasteiger charge is 2.11. The van der Waals surface area contributed by atoms with Crippen LogP contribution < -0.4 is 9.46 Å². The van der Waals surface area contributed by atoms with Crippen molar-refractivity contribution in [1.29, 1.82) is 0 Å². The summed E-state index contributed by atoms with van der Waals surface area (Å²) < 4.78 is 32.1. The van der Waals surface area contributed by atoms with E-state index in [-0.39, 0.29) is 11.9 Å². The summed E-state index contributed by atoms with van der Waals surface area (Å²) in [6, 6.07) is 12.8. The molecule has 1 heterocycles. The van der Waals surface area contributed by atoms with Crippen LogP contribution in [0.5, 0.6) is 5.88 Å². The number of sulfonamides is 1. The minimum atomic E-state index is -3.40. The molecule has 0 saturated heterocycles. The van der Waals surface area contributed by atoms with Crippen LogP contribution in [-0.4, -0.2) is 25.3 Å². The van der Waals surface area contributed by atoms with Gasteiger partial charge >= 0.3 is 0 Å². The van der Waals surface area contributed by atoms with Gasteiger partial charge in [-0.1, -0.05) is 30.3 Å². The fraction of sp³-hybridized carbons (Fsp3) is 0.312. The molecule has 0 unspecified atom stereocenters. The van der Waals surface area contributed by atoms with Crippen LogP contribution in [-0.2, 0) is 16.4 Å². The first kappa shape index (κ1) is 16.3. The van der Waals surface area contributed by atoms with Crippen molar-refractivity contribution in [3.8, 4) is 5.88 Å². The van der Waals surface area contributed by atoms with Gasteiger partial charge in [0.1, 0.15) is 0 Å². The third-order valence-corrected chi connectivity index (χ3v) is 4.16. The lowest BCUT2D eigenvalue weighted by molar-refractivity contribution is 0.232. The van der Waals surface area contributed by atoms with E-state index in [9.17, 15) is 8.42 Å². The highest BCUT2D eigenvalue weighted by Crippen LogP contribution is 2.14. The molecule has 0 bridgehead atoms. The lowest BCUT2D eigenvalue weighted by Crippen LogP contribution is -2.18. The summed E-state index contributed by atoms with van der Waals surface area (Å²) in [7, 11) is -3.40. The number of anilines is 1. The number of benzene rings is 1. The molecule has 5 nitrogen and oxygen atoms in total. The van der Waals surface area contributed by atoms with Crippen LogP contribution in [0.1, 0.15) is 19.4 Å². The number of ether oxygens (including phenoxy) is 1. The summed E-state index contributed by atoms with van der Waals surface area (Å²) in [5.74, 6) is 0.503. The maximum Gasteiger partial charge on any atom is 0.233 e. The standard InChI is InChI=1S/C16H20N2O3S/c1-13(2)21-16-9-8-15(12-17-16)18-22(19,20)11-10-14-6-4-3-5-7-14/h3-9,12-13,18H,10-11H2,1-2H3. The van der Waals surface area contributed by atoms with E-state index in [1.165, 1.54) is 6.20 Å². The van der Waals surface area contributed by atoms with Crippen LogP contribution in [0.3, 0.4) is 0 Å². The van der Waals surface area contributed by atoms with E-state index in [4.69, 9.17) is 4.74 Å². The van der Waals surface area contributed by atoms with E-state index in [2.05, 4.69) is 9.71 Å². The number of nitrogens with one attached hydrogen (secondary N) is 1. The summed E-state index contributed by atoms with van der Waals surface area (Å²) >= 11 is 0. The zero-order valence-corrected chi connectivity index (χ0v) is 13.5. The van der Waals surface area contributed by atoms with Crippen molar-refractivity contribution in [2.45, 2.75) is 26.4 Å². The highest BCUT2D eigenvalue weighted by atomic mass is 32.2. The number of nitrogens with zero attached hydrogens (tertiary/aromatic N) is 1. The Morgan fingerprint density at radius 1 is 1.14 bits per heavy atom. The Kier molecular flexibility index (Phi) is 5.38. The Morgan fingerprint density at radius 2 is 1.86 bits per heavy atom. The molecular weight excluding hydrogens is 300 g/mol. The van der Waals surface area contributed by atoms with Crippen LogP contribution in [0.15, 0.2) is 48.7 Å². The molecule has 0 aliphatic heterocycles. The van der Waals surface area contributed by atoms with Crippen molar-refractivity contribution in [2.75, 3.05) is 10.5 Å². The van der Waals surface area contributed by atoms with Gasteiger partial charge in [0.05, 0.1) is 23.7 Å². The van der Waals surface area contributed by atoms with Crippen LogP contribution in [0.4, 0.5) is 5.69 Å². The van der Waals surface area contributed by atoms with E-state index in [0.717, 1.165) is 5.56 Å². The van der Waals surface area contributed by atoms with Gasteiger partial charge in [-0.15, -0.1) is 0 Å². The van der Waals surface area contributed by atoms with Gasteiger partial charge in [0, 0.05) is 6.07 Å². The molecule has 6 heteroatoms. The number of rotatable bonds is 7. The molecule has 2 rings (SSSR count). The maximum atomic E-state index is 12.1. The molecule has 1 N–H and O–H groups in total. The number of aromatic nitrogens is 1. The molecule has 22 heavy (non-hydrogen) atoms. The largest absolute Gasteiger partial charge is 0.475 e. The molecule has 0 atom stereocenters. The van der Waals surface area contributed by atoms with Crippen LogP contribution in [0, 0.1) is 0 Å². The van der Waals surface area contributed by atoms with Gasteiger partial charge in [0.2, 0.25) is 15.9 Å². The monoisotopic (exact) mass is 320 g/mol. The molecule has 0 aliphatic rings. The van der Waals surface area contributed by atoms with Gasteiger partial charge in [-0.2, -0.15) is 0 Å². The van der Waals surface area contributed by atoms with Crippen molar-refractivity contribution >= 4 is 15.7 Å². The molecule has 1 aromatic carbocycles. The summed E-state index contributed by atoms with van der Waals surface area (Å²) in [6.45, 7) is 3.81. The number of aryl methyl sites for hydroxylation is 1. The summed E-state index contributed by atoms with van der Waals surface area (Å²) in [4.78, 5) is 4.07. The van der Waals surface area contributed by atoms with Gasteiger partial charge in [-0.25, -0.2) is 13.4 Å². The summed E-state index contributed by atoms with van der Waals surface area (Å²) in [6.07, 6.45) is 1.96. The van der Waals surface area contributed by atoms with Gasteiger partial charge in [0.15, 0.2) is 0 Å². The Balaban J connectivity index is 1.93. The van der Waals surface area contributed by atoms with Gasteiger partial charge in [0.25, 0.3) is 0 Å². The third kappa shape index (κ3) is 5.37. The van der Waals surface area contributed by atoms with E-state index in [0.29, 0.717) is 18.0 Å². The first-order valence-electron chi connectivity index (χ1n) is 7.12. The third-order valence-electron chi connectivity index (χ3n) is 2.87. The number of hydrogen-bond acceptors (Lipinski definition) is 4. The normalized spacial score (nSPS) is 11.4. The first-order valence-corrected chi connectivity index (χ1v) is 8.77. The summed E-state index contributed by atoms with van der Waals surface area (Å²) in [5, 5.41) is 0. The molecular formula is C16H20N2O3S. The fourth-order valence-corrected chi connectivity index (χ4v) is 2.97. The molecule has 0 saturated carbocycles. The van der Waals surface area contributed by atoms with Crippen molar-refractivity contribution < 1.29 is 13.2 Å². The first-order chi connectivity index (χ1) is 10.4. The van der Waals surface area contributed by atoms with E-state index < -0.39 is 10.0 Å². The van der Waals surface area contributed by atoms with Crippen molar-refractivity contribution in [1.82, 2.24) is 4.98 Å². The lowest BCUT2D eigenvalue weighted by atomic mass is 10.2. The Morgan fingerprint density at radius 3 is 2.45 bits per heavy atom. The van der Waals surface area contributed by atoms with E-state index >= 15 is 0 Å². The quantitative estimate of drug-likeness (QED) is 0.852. The minimum absolute atomic E-state index is 0.0286. The fourth-order valence-electron chi connectivity index (χ4n) is 1.88. The number of pyridine rings is 1. The zero-order valence-electron chi connectivity index (χ0n) is 12.7. The van der Waals surface area contributed by atoms with Crippen LogP contribution >= 0.6 is 0 Å². The molecule has 0 radical (unpaired) electrons. The molecule has 2 aromatic rings. The molecule has 1 aromatic heterocycles. The van der Waals surface area contributed by atoms with Crippen molar-refractivity contribution in [3.63, 3.8) is 0 Å². The Labute approximate surface area is 131 Å². The second-order valence-corrected chi connectivity index (χ2v) is 7.05. The molecule has 118 valence electrons. The molecule has 0 spiro atoms. The summed E-state index contributed by atoms with van der Waals surface area (Å²) in [5.41, 5.74) is 1.43. The molecule has 0 aliphatic carbocycles. The van der Waals surface area contributed by atoms with E-state index in [1.807, 2.05) is 44.2 Å². The lowest BCUT2D eigenvalue weighted by Gasteiger charge is -2.10. The number of hydrogen-bond donors (Lipinski definition) is 1. The van der Waals surface area contributed by atoms with Crippen molar-refractivity contribution in [2.24, 2.45) is 0 Å². The van der Waals surface area contributed by atoms with Gasteiger partial charge in [-0.3, -0.25) is 4.72 Å². The second-order valence-electron chi connectivity index (χ2n) is 5.21. The van der Waals surface area contributed by atoms with Crippen LogP contribution in [0.2, 0.25) is 0 Å². The second kappa shape index (κ2) is 7.26. The molecule has 0 fully saturated rings. The van der Waals surface area contributed by atoms with Crippen LogP contribution in [0.25, 0.3) is 0 Å². The Hall–Kier alpha value is -2.08. The highest BCUT2D eigenvalue weighted by molar-refractivity contribution is 7.92. The minimum Gasteiger partial charge on any atom is -0.475 e. The van der Waals surface area contributed by atoms with E-state index in [1.54, 1.807) is 12.1 Å². The average molecular weight is 320 g/mol. The zero-order chi connectivity index (χ0) is 16.0. The maximum absolute atomic E-state index is 12.1. The average Bonchev–Trinajstić information content (AvgIpc) is 2.48. The van der Waals surface area contributed by atoms with Gasteiger partial charge in [-0.05, 0) is 31.9 Å². The SMILES string of the molecule is CC(C)Oc1ccc(NS(=O)(=O)CCc2ccccc2)cn1. The topological polar surface area (TPSA) is 68.3 Å². The Bertz CT molecular complexity index is 683. The van der Waals surface area contributed by atoms with Crippen molar-refractivity contribution in [3.05, 3.63) is 54.2 Å². The predicted octanol–water partition coefficient (Wildman–Crippen LogP) is 2.85. The molecule has 0 amide bonds.